The number of benzene rings is 1. The van der Waals surface area contributed by atoms with Gasteiger partial charge >= 0.3 is 0 Å². The van der Waals surface area contributed by atoms with Crippen LogP contribution in [0.1, 0.15) is 6.92 Å². The Labute approximate surface area is 86.1 Å². The van der Waals surface area contributed by atoms with Crippen LogP contribution in [0.15, 0.2) is 18.2 Å². The minimum Gasteiger partial charge on any atom is -0.492 e. The van der Waals surface area contributed by atoms with Gasteiger partial charge in [0, 0.05) is 7.05 Å². The van der Waals surface area contributed by atoms with E-state index >= 15 is 0 Å². The summed E-state index contributed by atoms with van der Waals surface area (Å²) in [6.07, 6.45) is 0. The number of aryl methyl sites for hydroxylation is 1. The predicted molar refractivity (Wildman–Crippen MR) is 57.8 cm³/mol. The lowest BCUT2D eigenvalue weighted by molar-refractivity contribution is 0.343. The van der Waals surface area contributed by atoms with Gasteiger partial charge < -0.3 is 9.30 Å². The number of fused-ring (bicyclic) bond motifs is 1. The first-order chi connectivity index (χ1) is 6.74. The summed E-state index contributed by atoms with van der Waals surface area (Å²) >= 11 is 1.47. The van der Waals surface area contributed by atoms with Crippen molar-refractivity contribution in [1.82, 2.24) is 4.57 Å². The van der Waals surface area contributed by atoms with Crippen molar-refractivity contribution >= 4 is 21.6 Å². The van der Waals surface area contributed by atoms with Crippen molar-refractivity contribution in [3.8, 4) is 5.75 Å². The molecule has 14 heavy (non-hydrogen) atoms. The molecule has 3 nitrogen and oxygen atoms in total. The van der Waals surface area contributed by atoms with Crippen molar-refractivity contribution < 1.29 is 4.74 Å². The maximum absolute atomic E-state index is 7.70. The van der Waals surface area contributed by atoms with E-state index in [0.717, 1.165) is 16.0 Å². The van der Waals surface area contributed by atoms with Crippen molar-refractivity contribution in [2.75, 3.05) is 6.61 Å². The second-order valence-electron chi connectivity index (χ2n) is 3.00. The highest BCUT2D eigenvalue weighted by atomic mass is 32.1. The lowest BCUT2D eigenvalue weighted by Gasteiger charge is -2.05. The Morgan fingerprint density at radius 3 is 3.00 bits per heavy atom. The fourth-order valence-corrected chi connectivity index (χ4v) is 2.38. The molecule has 0 radical (unpaired) electrons. The van der Waals surface area contributed by atoms with E-state index in [4.69, 9.17) is 10.1 Å². The molecule has 2 aromatic rings. The Morgan fingerprint density at radius 1 is 1.50 bits per heavy atom. The van der Waals surface area contributed by atoms with E-state index in [1.54, 1.807) is 0 Å². The highest BCUT2D eigenvalue weighted by Gasteiger charge is 2.07. The van der Waals surface area contributed by atoms with E-state index in [9.17, 15) is 0 Å². The summed E-state index contributed by atoms with van der Waals surface area (Å²) in [4.78, 5) is 0.548. The van der Waals surface area contributed by atoms with Crippen molar-refractivity contribution in [3.05, 3.63) is 23.0 Å². The topological polar surface area (TPSA) is 38.0 Å². The molecule has 0 bridgehead atoms. The molecule has 1 aromatic heterocycles. The number of rotatable bonds is 2. The Balaban J connectivity index is 2.77. The number of thiazole rings is 1. The van der Waals surface area contributed by atoms with E-state index in [2.05, 4.69) is 0 Å². The minimum absolute atomic E-state index is 0.548. The molecular weight excluding hydrogens is 196 g/mol. The van der Waals surface area contributed by atoms with Gasteiger partial charge in [0.05, 0.1) is 11.3 Å². The van der Waals surface area contributed by atoms with Gasteiger partial charge in [-0.15, -0.1) is 0 Å². The van der Waals surface area contributed by atoms with Gasteiger partial charge in [-0.25, -0.2) is 0 Å². The third-order valence-corrected chi connectivity index (χ3v) is 3.13. The van der Waals surface area contributed by atoms with E-state index in [-0.39, 0.29) is 0 Å². The van der Waals surface area contributed by atoms with Crippen LogP contribution in [-0.2, 0) is 7.05 Å². The number of para-hydroxylation sites is 1. The summed E-state index contributed by atoms with van der Waals surface area (Å²) in [7, 11) is 1.89. The molecule has 0 aliphatic heterocycles. The molecule has 0 fully saturated rings. The number of aromatic nitrogens is 1. The molecular formula is C10H12N2OS. The fraction of sp³-hybridized carbons (Fsp3) is 0.300. The first-order valence-corrected chi connectivity index (χ1v) is 5.31. The summed E-state index contributed by atoms with van der Waals surface area (Å²) in [5.41, 5.74) is 1.02. The summed E-state index contributed by atoms with van der Waals surface area (Å²) in [6, 6.07) is 5.92. The van der Waals surface area contributed by atoms with Crippen LogP contribution in [0.2, 0.25) is 0 Å². The van der Waals surface area contributed by atoms with Gasteiger partial charge in [0.2, 0.25) is 0 Å². The van der Waals surface area contributed by atoms with Crippen LogP contribution in [0.3, 0.4) is 0 Å². The average molecular weight is 208 g/mol. The molecule has 0 unspecified atom stereocenters. The smallest absolute Gasteiger partial charge is 0.182 e. The standard InChI is InChI=1S/C10H12N2OS/c1-3-13-7-5-4-6-8-9(7)12(2)10(11)14-8/h4-6,11H,3H2,1-2H3. The molecule has 0 aliphatic rings. The molecule has 0 aliphatic carbocycles. The highest BCUT2D eigenvalue weighted by molar-refractivity contribution is 7.16. The lowest BCUT2D eigenvalue weighted by Crippen LogP contribution is -2.07. The largest absolute Gasteiger partial charge is 0.492 e. The van der Waals surface area contributed by atoms with E-state index in [1.807, 2.05) is 36.7 Å². The molecule has 74 valence electrons. The van der Waals surface area contributed by atoms with Crippen LogP contribution in [-0.4, -0.2) is 11.2 Å². The summed E-state index contributed by atoms with van der Waals surface area (Å²) in [6.45, 7) is 2.62. The van der Waals surface area contributed by atoms with Crippen LogP contribution in [0.5, 0.6) is 5.75 Å². The van der Waals surface area contributed by atoms with E-state index in [0.29, 0.717) is 11.4 Å². The van der Waals surface area contributed by atoms with Gasteiger partial charge in [0.25, 0.3) is 0 Å². The number of ether oxygens (including phenoxy) is 1. The molecule has 0 saturated heterocycles. The molecule has 0 spiro atoms. The van der Waals surface area contributed by atoms with E-state index in [1.165, 1.54) is 11.3 Å². The molecule has 0 saturated carbocycles. The summed E-state index contributed by atoms with van der Waals surface area (Å²) in [5.74, 6) is 0.863. The second kappa shape index (κ2) is 3.46. The normalized spacial score (nSPS) is 10.7. The number of nitrogens with one attached hydrogen (secondary N) is 1. The molecule has 0 atom stereocenters. The second-order valence-corrected chi connectivity index (χ2v) is 4.03. The summed E-state index contributed by atoms with van der Waals surface area (Å²) < 4.78 is 8.47. The van der Waals surface area contributed by atoms with Crippen molar-refractivity contribution in [1.29, 1.82) is 5.41 Å². The Kier molecular flexibility index (Phi) is 2.29. The molecule has 1 aromatic carbocycles. The van der Waals surface area contributed by atoms with Gasteiger partial charge in [-0.2, -0.15) is 0 Å². The Hall–Kier alpha value is -1.29. The first-order valence-electron chi connectivity index (χ1n) is 4.50. The number of nitrogens with zero attached hydrogens (tertiary/aromatic N) is 1. The number of hydrogen-bond acceptors (Lipinski definition) is 3. The minimum atomic E-state index is 0.548. The number of hydrogen-bond donors (Lipinski definition) is 1. The molecule has 1 heterocycles. The van der Waals surface area contributed by atoms with Crippen LogP contribution in [0, 0.1) is 5.41 Å². The zero-order valence-electron chi connectivity index (χ0n) is 8.20. The predicted octanol–water partition coefficient (Wildman–Crippen LogP) is 2.12. The fourth-order valence-electron chi connectivity index (χ4n) is 1.46. The van der Waals surface area contributed by atoms with Crippen LogP contribution >= 0.6 is 11.3 Å². The summed E-state index contributed by atoms with van der Waals surface area (Å²) in [5, 5.41) is 7.70. The van der Waals surface area contributed by atoms with Crippen molar-refractivity contribution in [2.24, 2.45) is 7.05 Å². The van der Waals surface area contributed by atoms with Gasteiger partial charge in [0.1, 0.15) is 11.3 Å². The zero-order valence-corrected chi connectivity index (χ0v) is 9.02. The third kappa shape index (κ3) is 1.32. The monoisotopic (exact) mass is 208 g/mol. The average Bonchev–Trinajstić information content (AvgIpc) is 2.45. The van der Waals surface area contributed by atoms with Crippen molar-refractivity contribution in [2.45, 2.75) is 6.92 Å². The lowest BCUT2D eigenvalue weighted by atomic mass is 10.3. The maximum atomic E-state index is 7.70. The molecule has 4 heteroatoms. The molecule has 1 N–H and O–H groups in total. The quantitative estimate of drug-likeness (QED) is 0.806. The molecule has 0 amide bonds. The SMILES string of the molecule is CCOc1cccc2sc(=N)n(C)c12. The maximum Gasteiger partial charge on any atom is 0.182 e. The Bertz CT molecular complexity index is 512. The van der Waals surface area contributed by atoms with Gasteiger partial charge in [0.15, 0.2) is 4.80 Å². The van der Waals surface area contributed by atoms with Gasteiger partial charge in [-0.1, -0.05) is 17.4 Å². The first kappa shape index (κ1) is 9.27. The zero-order chi connectivity index (χ0) is 10.1. The van der Waals surface area contributed by atoms with Gasteiger partial charge in [-0.3, -0.25) is 5.41 Å². The van der Waals surface area contributed by atoms with Gasteiger partial charge in [-0.05, 0) is 19.1 Å². The van der Waals surface area contributed by atoms with Crippen LogP contribution < -0.4 is 9.54 Å². The highest BCUT2D eigenvalue weighted by Crippen LogP contribution is 2.26. The van der Waals surface area contributed by atoms with Crippen LogP contribution in [0.25, 0.3) is 10.2 Å². The van der Waals surface area contributed by atoms with Crippen LogP contribution in [0.4, 0.5) is 0 Å². The molecule has 2 rings (SSSR count). The Morgan fingerprint density at radius 2 is 2.29 bits per heavy atom. The third-order valence-electron chi connectivity index (χ3n) is 2.11. The van der Waals surface area contributed by atoms with Crippen molar-refractivity contribution in [3.63, 3.8) is 0 Å². The van der Waals surface area contributed by atoms with E-state index < -0.39 is 0 Å².